The van der Waals surface area contributed by atoms with Gasteiger partial charge >= 0.3 is 0 Å². The van der Waals surface area contributed by atoms with Gasteiger partial charge in [0.25, 0.3) is 0 Å². The number of nitrogens with zero attached hydrogens (tertiary/aromatic N) is 2. The predicted molar refractivity (Wildman–Crippen MR) is 83.9 cm³/mol. The van der Waals surface area contributed by atoms with E-state index in [1.807, 2.05) is 55.5 Å². The Morgan fingerprint density at radius 2 is 1.33 bits per heavy atom. The zero-order valence-corrected chi connectivity index (χ0v) is 12.0. The fraction of sp³-hybridized carbons (Fsp3) is 0.176. The smallest absolute Gasteiger partial charge is 0.119 e. The van der Waals surface area contributed by atoms with Gasteiger partial charge in [0.05, 0.1) is 18.0 Å². The minimum Gasteiger partial charge on any atom is -0.494 e. The van der Waals surface area contributed by atoms with E-state index in [4.69, 9.17) is 9.47 Å². The Labute approximate surface area is 124 Å². The Bertz CT molecular complexity index is 589. The molecule has 0 heterocycles. The highest BCUT2D eigenvalue weighted by Crippen LogP contribution is 2.23. The molecule has 4 nitrogen and oxygen atoms in total. The van der Waals surface area contributed by atoms with Crippen molar-refractivity contribution in [2.45, 2.75) is 6.92 Å². The van der Waals surface area contributed by atoms with E-state index in [0.717, 1.165) is 22.9 Å². The van der Waals surface area contributed by atoms with E-state index < -0.39 is 0 Å². The molecule has 0 aliphatic heterocycles. The molecule has 4 heteroatoms. The molecule has 0 spiro atoms. The second-order valence-electron chi connectivity index (χ2n) is 4.22. The first-order valence-corrected chi connectivity index (χ1v) is 6.80. The van der Waals surface area contributed by atoms with Crippen LogP contribution in [0.1, 0.15) is 6.92 Å². The van der Waals surface area contributed by atoms with Gasteiger partial charge in [-0.05, 0) is 55.5 Å². The number of hydrogen-bond donors (Lipinski definition) is 0. The maximum atomic E-state index is 5.40. The molecule has 0 fully saturated rings. The average Bonchev–Trinajstić information content (AvgIpc) is 2.53. The average molecular weight is 282 g/mol. The quantitative estimate of drug-likeness (QED) is 0.526. The summed E-state index contributed by atoms with van der Waals surface area (Å²) in [6, 6.07) is 14.9. The van der Waals surface area contributed by atoms with Gasteiger partial charge in [0.15, 0.2) is 0 Å². The first kappa shape index (κ1) is 14.8. The standard InChI is InChI=1S/C17H18N2O2/c1-3-13-21-17-11-7-15(8-12-17)19-18-14-5-9-16(10-6-14)20-4-2/h3,5-12H,1,4,13H2,2H3. The van der Waals surface area contributed by atoms with Crippen LogP contribution in [0.3, 0.4) is 0 Å². The summed E-state index contributed by atoms with van der Waals surface area (Å²) < 4.78 is 10.8. The van der Waals surface area contributed by atoms with Crippen molar-refractivity contribution in [3.05, 3.63) is 61.2 Å². The molecule has 0 saturated heterocycles. The minimum atomic E-state index is 0.493. The third kappa shape index (κ3) is 4.76. The van der Waals surface area contributed by atoms with Gasteiger partial charge in [0.1, 0.15) is 18.1 Å². The lowest BCUT2D eigenvalue weighted by Crippen LogP contribution is -1.91. The van der Waals surface area contributed by atoms with Crippen molar-refractivity contribution in [2.75, 3.05) is 13.2 Å². The SMILES string of the molecule is C=CCOc1ccc(N=Nc2ccc(OCC)cc2)cc1. The Morgan fingerprint density at radius 1 is 0.857 bits per heavy atom. The van der Waals surface area contributed by atoms with E-state index in [1.54, 1.807) is 6.08 Å². The molecule has 2 rings (SSSR count). The molecule has 0 N–H and O–H groups in total. The fourth-order valence-corrected chi connectivity index (χ4v) is 1.66. The van der Waals surface area contributed by atoms with Crippen LogP contribution in [-0.2, 0) is 0 Å². The zero-order valence-electron chi connectivity index (χ0n) is 12.0. The molecule has 108 valence electrons. The van der Waals surface area contributed by atoms with Crippen molar-refractivity contribution in [3.8, 4) is 11.5 Å². The second-order valence-corrected chi connectivity index (χ2v) is 4.22. The summed E-state index contributed by atoms with van der Waals surface area (Å²) in [6.07, 6.45) is 1.71. The zero-order chi connectivity index (χ0) is 14.9. The van der Waals surface area contributed by atoms with Gasteiger partial charge in [-0.1, -0.05) is 12.7 Å². The molecule has 0 amide bonds. The Hall–Kier alpha value is -2.62. The molecular formula is C17H18N2O2. The third-order valence-electron chi connectivity index (χ3n) is 2.63. The van der Waals surface area contributed by atoms with Crippen molar-refractivity contribution < 1.29 is 9.47 Å². The summed E-state index contributed by atoms with van der Waals surface area (Å²) >= 11 is 0. The molecule has 0 unspecified atom stereocenters. The van der Waals surface area contributed by atoms with E-state index in [1.165, 1.54) is 0 Å². The second kappa shape index (κ2) is 7.85. The van der Waals surface area contributed by atoms with Gasteiger partial charge in [-0.25, -0.2) is 0 Å². The summed E-state index contributed by atoms with van der Waals surface area (Å²) in [5, 5.41) is 8.36. The van der Waals surface area contributed by atoms with Gasteiger partial charge < -0.3 is 9.47 Å². The van der Waals surface area contributed by atoms with Gasteiger partial charge in [-0.15, -0.1) is 0 Å². The molecule has 0 aromatic heterocycles. The number of rotatable bonds is 7. The molecule has 21 heavy (non-hydrogen) atoms. The van der Waals surface area contributed by atoms with E-state index in [0.29, 0.717) is 13.2 Å². The highest BCUT2D eigenvalue weighted by Gasteiger charge is 1.95. The Balaban J connectivity index is 1.98. The van der Waals surface area contributed by atoms with Crippen molar-refractivity contribution >= 4 is 11.4 Å². The number of benzene rings is 2. The fourth-order valence-electron chi connectivity index (χ4n) is 1.66. The minimum absolute atomic E-state index is 0.493. The molecule has 0 aliphatic carbocycles. The van der Waals surface area contributed by atoms with E-state index in [-0.39, 0.29) is 0 Å². The maximum absolute atomic E-state index is 5.40. The highest BCUT2D eigenvalue weighted by molar-refractivity contribution is 5.44. The lowest BCUT2D eigenvalue weighted by Gasteiger charge is -2.02. The van der Waals surface area contributed by atoms with Crippen molar-refractivity contribution in [3.63, 3.8) is 0 Å². The molecule has 2 aromatic rings. The third-order valence-corrected chi connectivity index (χ3v) is 2.63. The summed E-state index contributed by atoms with van der Waals surface area (Å²) in [6.45, 7) is 6.71. The van der Waals surface area contributed by atoms with Gasteiger partial charge in [-0.3, -0.25) is 0 Å². The van der Waals surface area contributed by atoms with Gasteiger partial charge in [-0.2, -0.15) is 10.2 Å². The van der Waals surface area contributed by atoms with Crippen LogP contribution in [0.25, 0.3) is 0 Å². The van der Waals surface area contributed by atoms with Crippen molar-refractivity contribution in [1.29, 1.82) is 0 Å². The van der Waals surface area contributed by atoms with Gasteiger partial charge in [0.2, 0.25) is 0 Å². The van der Waals surface area contributed by atoms with E-state index >= 15 is 0 Å². The molecule has 0 atom stereocenters. The summed E-state index contributed by atoms with van der Waals surface area (Å²) in [5.74, 6) is 1.62. The predicted octanol–water partition coefficient (Wildman–Crippen LogP) is 5.07. The summed E-state index contributed by atoms with van der Waals surface area (Å²) in [4.78, 5) is 0. The normalized spacial score (nSPS) is 10.5. The van der Waals surface area contributed by atoms with Crippen LogP contribution in [0, 0.1) is 0 Å². The largest absolute Gasteiger partial charge is 0.494 e. The van der Waals surface area contributed by atoms with Crippen LogP contribution < -0.4 is 9.47 Å². The Kier molecular flexibility index (Phi) is 5.52. The number of ether oxygens (including phenoxy) is 2. The topological polar surface area (TPSA) is 43.2 Å². The molecule has 0 radical (unpaired) electrons. The molecule has 2 aromatic carbocycles. The first-order valence-electron chi connectivity index (χ1n) is 6.80. The highest BCUT2D eigenvalue weighted by atomic mass is 16.5. The van der Waals surface area contributed by atoms with Crippen LogP contribution >= 0.6 is 0 Å². The number of azo groups is 1. The van der Waals surface area contributed by atoms with E-state index in [9.17, 15) is 0 Å². The molecule has 0 aliphatic rings. The Morgan fingerprint density at radius 3 is 1.76 bits per heavy atom. The van der Waals surface area contributed by atoms with Gasteiger partial charge in [0, 0.05) is 0 Å². The first-order chi connectivity index (χ1) is 10.3. The molecule has 0 saturated carbocycles. The van der Waals surface area contributed by atoms with Crippen molar-refractivity contribution in [2.24, 2.45) is 10.2 Å². The monoisotopic (exact) mass is 282 g/mol. The lowest BCUT2D eigenvalue weighted by atomic mass is 10.3. The maximum Gasteiger partial charge on any atom is 0.119 e. The van der Waals surface area contributed by atoms with Crippen molar-refractivity contribution in [1.82, 2.24) is 0 Å². The summed E-state index contributed by atoms with van der Waals surface area (Å²) in [5.41, 5.74) is 1.56. The molecule has 0 bridgehead atoms. The lowest BCUT2D eigenvalue weighted by molar-refractivity contribution is 0.340. The van der Waals surface area contributed by atoms with Crippen LogP contribution in [0.5, 0.6) is 11.5 Å². The number of hydrogen-bond acceptors (Lipinski definition) is 4. The summed E-state index contributed by atoms with van der Waals surface area (Å²) in [7, 11) is 0. The van der Waals surface area contributed by atoms with E-state index in [2.05, 4.69) is 16.8 Å². The van der Waals surface area contributed by atoms with Crippen LogP contribution in [0.4, 0.5) is 11.4 Å². The van der Waals surface area contributed by atoms with Crippen LogP contribution in [0.15, 0.2) is 71.4 Å². The van der Waals surface area contributed by atoms with Crippen LogP contribution in [-0.4, -0.2) is 13.2 Å². The van der Waals surface area contributed by atoms with Crippen LogP contribution in [0.2, 0.25) is 0 Å². The molecular weight excluding hydrogens is 264 g/mol.